The number of nitro groups is 1. The Morgan fingerprint density at radius 2 is 2.19 bits per heavy atom. The summed E-state index contributed by atoms with van der Waals surface area (Å²) in [5.74, 6) is -0.397. The van der Waals surface area contributed by atoms with E-state index in [2.05, 4.69) is 26.2 Å². The SMILES string of the molecule is CC(C)(NC(=O)c1cccc([N+](=O)[O-])c1Br)c1nccs1. The monoisotopic (exact) mass is 369 g/mol. The largest absolute Gasteiger partial charge is 0.341 e. The van der Waals surface area contributed by atoms with Crippen molar-refractivity contribution in [3.05, 3.63) is 54.9 Å². The number of carbonyl (C=O) groups is 1. The van der Waals surface area contributed by atoms with Crippen molar-refractivity contribution in [2.75, 3.05) is 0 Å². The van der Waals surface area contributed by atoms with Crippen molar-refractivity contribution in [3.63, 3.8) is 0 Å². The first-order valence-corrected chi connectivity index (χ1v) is 7.65. The topological polar surface area (TPSA) is 85.1 Å². The minimum Gasteiger partial charge on any atom is -0.341 e. The van der Waals surface area contributed by atoms with Gasteiger partial charge in [-0.1, -0.05) is 6.07 Å². The van der Waals surface area contributed by atoms with E-state index >= 15 is 0 Å². The van der Waals surface area contributed by atoms with Crippen molar-refractivity contribution in [2.45, 2.75) is 19.4 Å². The van der Waals surface area contributed by atoms with Gasteiger partial charge in [0.15, 0.2) is 0 Å². The third-order valence-electron chi connectivity index (χ3n) is 2.81. The Kier molecular flexibility index (Phi) is 4.38. The average Bonchev–Trinajstić information content (AvgIpc) is 2.92. The van der Waals surface area contributed by atoms with Crippen LogP contribution < -0.4 is 5.32 Å². The van der Waals surface area contributed by atoms with Crippen LogP contribution in [0.3, 0.4) is 0 Å². The van der Waals surface area contributed by atoms with E-state index in [1.165, 1.54) is 29.5 Å². The molecule has 1 N–H and O–H groups in total. The second-order valence-corrected chi connectivity index (χ2v) is 6.50. The fraction of sp³-hybridized carbons (Fsp3) is 0.231. The van der Waals surface area contributed by atoms with Gasteiger partial charge in [0, 0.05) is 17.6 Å². The van der Waals surface area contributed by atoms with E-state index in [1.807, 2.05) is 19.2 Å². The summed E-state index contributed by atoms with van der Waals surface area (Å²) in [5.41, 5.74) is -0.585. The third kappa shape index (κ3) is 3.27. The zero-order valence-electron chi connectivity index (χ0n) is 11.3. The van der Waals surface area contributed by atoms with E-state index in [1.54, 1.807) is 6.20 Å². The fourth-order valence-corrected chi connectivity index (χ4v) is 3.08. The smallest absolute Gasteiger partial charge is 0.284 e. The summed E-state index contributed by atoms with van der Waals surface area (Å²) in [7, 11) is 0. The van der Waals surface area contributed by atoms with E-state index in [-0.39, 0.29) is 15.7 Å². The van der Waals surface area contributed by atoms with Gasteiger partial charge in [-0.2, -0.15) is 0 Å². The number of amides is 1. The van der Waals surface area contributed by atoms with Gasteiger partial charge in [0.05, 0.1) is 16.0 Å². The van der Waals surface area contributed by atoms with Gasteiger partial charge in [-0.15, -0.1) is 11.3 Å². The van der Waals surface area contributed by atoms with Gasteiger partial charge < -0.3 is 5.32 Å². The summed E-state index contributed by atoms with van der Waals surface area (Å²) in [6.07, 6.45) is 1.66. The van der Waals surface area contributed by atoms with E-state index < -0.39 is 16.4 Å². The molecule has 0 aliphatic rings. The van der Waals surface area contributed by atoms with Gasteiger partial charge in [-0.05, 0) is 35.8 Å². The highest BCUT2D eigenvalue weighted by molar-refractivity contribution is 9.10. The number of carbonyl (C=O) groups excluding carboxylic acids is 1. The van der Waals surface area contributed by atoms with E-state index in [0.717, 1.165) is 5.01 Å². The first kappa shape index (κ1) is 15.6. The van der Waals surface area contributed by atoms with Crippen molar-refractivity contribution >= 4 is 38.9 Å². The quantitative estimate of drug-likeness (QED) is 0.660. The van der Waals surface area contributed by atoms with Crippen molar-refractivity contribution in [1.82, 2.24) is 10.3 Å². The number of nitrogens with one attached hydrogen (secondary N) is 1. The van der Waals surface area contributed by atoms with Crippen molar-refractivity contribution in [1.29, 1.82) is 0 Å². The van der Waals surface area contributed by atoms with Crippen LogP contribution in [0.5, 0.6) is 0 Å². The molecule has 0 aliphatic heterocycles. The van der Waals surface area contributed by atoms with Gasteiger partial charge in [0.1, 0.15) is 9.48 Å². The molecule has 8 heteroatoms. The first-order chi connectivity index (χ1) is 9.83. The van der Waals surface area contributed by atoms with Gasteiger partial charge in [-0.25, -0.2) is 4.98 Å². The molecule has 0 atom stereocenters. The Labute approximate surface area is 133 Å². The molecule has 0 unspecified atom stereocenters. The number of aromatic nitrogens is 1. The van der Waals surface area contributed by atoms with Crippen LogP contribution in [0.25, 0.3) is 0 Å². The molecule has 0 bridgehead atoms. The second-order valence-electron chi connectivity index (χ2n) is 4.81. The number of nitrogens with zero attached hydrogens (tertiary/aromatic N) is 2. The number of halogens is 1. The molecule has 0 saturated heterocycles. The number of nitro benzene ring substituents is 1. The molecular weight excluding hydrogens is 358 g/mol. The first-order valence-electron chi connectivity index (χ1n) is 5.98. The number of thiazole rings is 1. The van der Waals surface area contributed by atoms with E-state index in [9.17, 15) is 14.9 Å². The molecule has 1 aromatic heterocycles. The predicted octanol–water partition coefficient (Wildman–Crippen LogP) is 3.48. The van der Waals surface area contributed by atoms with Crippen LogP contribution in [0.1, 0.15) is 29.2 Å². The minimum atomic E-state index is -0.657. The molecule has 6 nitrogen and oxygen atoms in total. The Morgan fingerprint density at radius 1 is 1.48 bits per heavy atom. The Balaban J connectivity index is 2.29. The van der Waals surface area contributed by atoms with Crippen LogP contribution in [0.15, 0.2) is 34.2 Å². The van der Waals surface area contributed by atoms with Crippen LogP contribution in [-0.2, 0) is 5.54 Å². The van der Waals surface area contributed by atoms with Crippen LogP contribution in [-0.4, -0.2) is 15.8 Å². The predicted molar refractivity (Wildman–Crippen MR) is 83.4 cm³/mol. The number of hydrogen-bond donors (Lipinski definition) is 1. The average molecular weight is 370 g/mol. The maximum atomic E-state index is 12.4. The normalized spacial score (nSPS) is 11.2. The van der Waals surface area contributed by atoms with Crippen molar-refractivity contribution in [3.8, 4) is 0 Å². The maximum Gasteiger partial charge on any atom is 0.284 e. The maximum absolute atomic E-state index is 12.4. The van der Waals surface area contributed by atoms with E-state index in [4.69, 9.17) is 0 Å². The van der Waals surface area contributed by atoms with Crippen molar-refractivity contribution < 1.29 is 9.72 Å². The summed E-state index contributed by atoms with van der Waals surface area (Å²) < 4.78 is 0.169. The molecule has 2 aromatic rings. The molecule has 0 aliphatic carbocycles. The molecule has 0 fully saturated rings. The highest BCUT2D eigenvalue weighted by Crippen LogP contribution is 2.29. The second kappa shape index (κ2) is 5.90. The van der Waals surface area contributed by atoms with Crippen LogP contribution >= 0.6 is 27.3 Å². The fourth-order valence-electron chi connectivity index (χ4n) is 1.77. The Hall–Kier alpha value is -1.80. The highest BCUT2D eigenvalue weighted by Gasteiger charge is 2.28. The summed E-state index contributed by atoms with van der Waals surface area (Å²) in [5, 5.41) is 16.3. The number of benzene rings is 1. The lowest BCUT2D eigenvalue weighted by molar-refractivity contribution is -0.385. The van der Waals surface area contributed by atoms with Crippen LogP contribution in [0.2, 0.25) is 0 Å². The molecule has 1 aromatic carbocycles. The number of rotatable bonds is 4. The minimum absolute atomic E-state index is 0.144. The molecule has 2 rings (SSSR count). The summed E-state index contributed by atoms with van der Waals surface area (Å²) in [4.78, 5) is 26.9. The van der Waals surface area contributed by atoms with Gasteiger partial charge in [0.25, 0.3) is 11.6 Å². The molecule has 0 spiro atoms. The zero-order chi connectivity index (χ0) is 15.6. The molecule has 0 radical (unpaired) electrons. The summed E-state index contributed by atoms with van der Waals surface area (Å²) in [6.45, 7) is 3.66. The standard InChI is InChI=1S/C13H12BrN3O3S/c1-13(2,12-15-6-7-21-12)16-11(18)8-4-3-5-9(10(8)14)17(19)20/h3-7H,1-2H3,(H,16,18). The molecular formula is C13H12BrN3O3S. The molecule has 1 amide bonds. The molecule has 21 heavy (non-hydrogen) atoms. The van der Waals surface area contributed by atoms with Crippen molar-refractivity contribution in [2.24, 2.45) is 0 Å². The molecule has 0 saturated carbocycles. The molecule has 1 heterocycles. The zero-order valence-corrected chi connectivity index (χ0v) is 13.7. The summed E-state index contributed by atoms with van der Waals surface area (Å²) in [6, 6.07) is 4.35. The highest BCUT2D eigenvalue weighted by atomic mass is 79.9. The Morgan fingerprint density at radius 3 is 2.76 bits per heavy atom. The lowest BCUT2D eigenvalue weighted by Gasteiger charge is -2.24. The Bertz CT molecular complexity index is 686. The summed E-state index contributed by atoms with van der Waals surface area (Å²) >= 11 is 4.56. The van der Waals surface area contributed by atoms with Gasteiger partial charge in [0.2, 0.25) is 0 Å². The lowest BCUT2D eigenvalue weighted by Crippen LogP contribution is -2.41. The van der Waals surface area contributed by atoms with Gasteiger partial charge >= 0.3 is 0 Å². The van der Waals surface area contributed by atoms with E-state index in [0.29, 0.717) is 0 Å². The van der Waals surface area contributed by atoms with Gasteiger partial charge in [-0.3, -0.25) is 14.9 Å². The lowest BCUT2D eigenvalue weighted by atomic mass is 10.1. The number of hydrogen-bond acceptors (Lipinski definition) is 5. The van der Waals surface area contributed by atoms with Crippen LogP contribution in [0.4, 0.5) is 5.69 Å². The third-order valence-corrected chi connectivity index (χ3v) is 4.74. The molecule has 110 valence electrons. The van der Waals surface area contributed by atoms with Crippen LogP contribution in [0, 0.1) is 10.1 Å².